The molecule has 0 radical (unpaired) electrons. The van der Waals surface area contributed by atoms with Crippen LogP contribution in [0.2, 0.25) is 5.02 Å². The number of hydrogen-bond acceptors (Lipinski definition) is 2. The number of ketones is 1. The Kier molecular flexibility index (Phi) is 3.30. The van der Waals surface area contributed by atoms with Crippen molar-refractivity contribution >= 4 is 39.2 Å². The third-order valence-electron chi connectivity index (χ3n) is 2.43. The number of Topliss-reactive ketones (excluding diaryl/α,β-unsaturated/α-hetero) is 1. The molecule has 1 amide bonds. The molecule has 16 heavy (non-hydrogen) atoms. The van der Waals surface area contributed by atoms with E-state index in [2.05, 4.69) is 15.9 Å². The second-order valence-corrected chi connectivity index (χ2v) is 4.98. The van der Waals surface area contributed by atoms with Gasteiger partial charge in [0.1, 0.15) is 0 Å². The molecule has 0 atom stereocenters. The van der Waals surface area contributed by atoms with Crippen LogP contribution in [0.1, 0.15) is 12.0 Å². The summed E-state index contributed by atoms with van der Waals surface area (Å²) in [7, 11) is 0. The predicted molar refractivity (Wildman–Crippen MR) is 64.2 cm³/mol. The summed E-state index contributed by atoms with van der Waals surface area (Å²) in [6, 6.07) is 5.48. The summed E-state index contributed by atoms with van der Waals surface area (Å²) >= 11 is 9.19. The zero-order chi connectivity index (χ0) is 11.7. The van der Waals surface area contributed by atoms with Crippen LogP contribution in [0, 0.1) is 0 Å². The van der Waals surface area contributed by atoms with E-state index in [1.54, 1.807) is 11.0 Å². The van der Waals surface area contributed by atoms with E-state index in [4.69, 9.17) is 11.6 Å². The molecule has 1 heterocycles. The Morgan fingerprint density at radius 2 is 2.12 bits per heavy atom. The molecule has 0 saturated carbocycles. The smallest absolute Gasteiger partial charge is 0.230 e. The first-order chi connectivity index (χ1) is 7.56. The second-order valence-electron chi connectivity index (χ2n) is 3.71. The number of carbonyl (C=O) groups excluding carboxylic acids is 2. The van der Waals surface area contributed by atoms with Crippen LogP contribution in [0.15, 0.2) is 22.7 Å². The molecule has 1 aromatic rings. The van der Waals surface area contributed by atoms with E-state index < -0.39 is 0 Å². The lowest BCUT2D eigenvalue weighted by atomic mass is 10.2. The van der Waals surface area contributed by atoms with Gasteiger partial charge in [-0.05, 0) is 33.6 Å². The molecule has 0 unspecified atom stereocenters. The number of carbonyl (C=O) groups is 2. The zero-order valence-electron chi connectivity index (χ0n) is 8.37. The molecule has 1 aromatic carbocycles. The van der Waals surface area contributed by atoms with Crippen molar-refractivity contribution in [1.82, 2.24) is 4.90 Å². The lowest BCUT2D eigenvalue weighted by molar-refractivity contribution is -0.128. The highest BCUT2D eigenvalue weighted by atomic mass is 79.9. The van der Waals surface area contributed by atoms with Gasteiger partial charge in [-0.3, -0.25) is 9.59 Å². The van der Waals surface area contributed by atoms with Gasteiger partial charge in [-0.2, -0.15) is 0 Å². The molecule has 0 aliphatic carbocycles. The molecule has 84 valence electrons. The minimum absolute atomic E-state index is 0.0157. The molecule has 0 bridgehead atoms. The third kappa shape index (κ3) is 2.44. The third-order valence-corrected chi connectivity index (χ3v) is 3.64. The van der Waals surface area contributed by atoms with Gasteiger partial charge in [0.05, 0.1) is 18.0 Å². The van der Waals surface area contributed by atoms with Gasteiger partial charge < -0.3 is 4.90 Å². The highest BCUT2D eigenvalue weighted by Crippen LogP contribution is 2.24. The van der Waals surface area contributed by atoms with E-state index in [1.165, 1.54) is 0 Å². The van der Waals surface area contributed by atoms with Crippen LogP contribution >= 0.6 is 27.5 Å². The van der Waals surface area contributed by atoms with Gasteiger partial charge in [0.25, 0.3) is 0 Å². The molecule has 0 spiro atoms. The van der Waals surface area contributed by atoms with Crippen LogP contribution < -0.4 is 0 Å². The van der Waals surface area contributed by atoms with E-state index in [0.717, 1.165) is 10.0 Å². The van der Waals surface area contributed by atoms with Gasteiger partial charge in [0.15, 0.2) is 5.78 Å². The van der Waals surface area contributed by atoms with E-state index in [-0.39, 0.29) is 24.7 Å². The number of hydrogen-bond donors (Lipinski definition) is 0. The topological polar surface area (TPSA) is 37.4 Å². The fraction of sp³-hybridized carbons (Fsp3) is 0.273. The Morgan fingerprint density at radius 3 is 2.69 bits per heavy atom. The van der Waals surface area contributed by atoms with Gasteiger partial charge in [0, 0.05) is 11.0 Å². The number of amides is 1. The number of rotatable bonds is 2. The van der Waals surface area contributed by atoms with Crippen molar-refractivity contribution in [2.75, 3.05) is 6.54 Å². The van der Waals surface area contributed by atoms with Crippen LogP contribution in [-0.2, 0) is 16.1 Å². The average Bonchev–Trinajstić information content (AvgIpc) is 2.51. The molecule has 5 heteroatoms. The zero-order valence-corrected chi connectivity index (χ0v) is 10.7. The Balaban J connectivity index is 2.12. The quantitative estimate of drug-likeness (QED) is 0.787. The first-order valence-corrected chi connectivity index (χ1v) is 5.97. The van der Waals surface area contributed by atoms with Crippen molar-refractivity contribution in [3.63, 3.8) is 0 Å². The van der Waals surface area contributed by atoms with Crippen molar-refractivity contribution in [3.05, 3.63) is 33.3 Å². The number of likely N-dealkylation sites (tertiary alicyclic amines) is 1. The van der Waals surface area contributed by atoms with Gasteiger partial charge in [-0.25, -0.2) is 0 Å². The van der Waals surface area contributed by atoms with Crippen LogP contribution in [-0.4, -0.2) is 23.1 Å². The Labute approximate surface area is 107 Å². The Bertz CT molecular complexity index is 461. The van der Waals surface area contributed by atoms with Gasteiger partial charge >= 0.3 is 0 Å². The van der Waals surface area contributed by atoms with Crippen LogP contribution in [0.25, 0.3) is 0 Å². The average molecular weight is 303 g/mol. The molecule has 2 rings (SSSR count). The monoisotopic (exact) mass is 301 g/mol. The maximum atomic E-state index is 11.4. The van der Waals surface area contributed by atoms with E-state index in [9.17, 15) is 9.59 Å². The highest BCUT2D eigenvalue weighted by molar-refractivity contribution is 9.10. The molecular weight excluding hydrogens is 293 g/mol. The summed E-state index contributed by atoms with van der Waals surface area (Å²) in [5.41, 5.74) is 0.958. The molecule has 1 fully saturated rings. The summed E-state index contributed by atoms with van der Waals surface area (Å²) in [6.45, 7) is 0.680. The summed E-state index contributed by atoms with van der Waals surface area (Å²) in [4.78, 5) is 24.0. The molecular formula is C11H9BrClNO2. The minimum Gasteiger partial charge on any atom is -0.331 e. The highest BCUT2D eigenvalue weighted by Gasteiger charge is 2.27. The largest absolute Gasteiger partial charge is 0.331 e. The molecule has 1 aliphatic rings. The van der Waals surface area contributed by atoms with Crippen molar-refractivity contribution in [3.8, 4) is 0 Å². The van der Waals surface area contributed by atoms with E-state index >= 15 is 0 Å². The van der Waals surface area contributed by atoms with Crippen molar-refractivity contribution in [2.24, 2.45) is 0 Å². The molecule has 3 nitrogen and oxygen atoms in total. The molecule has 0 aromatic heterocycles. The summed E-state index contributed by atoms with van der Waals surface area (Å²) in [5.74, 6) is -0.117. The van der Waals surface area contributed by atoms with Crippen LogP contribution in [0.5, 0.6) is 0 Å². The normalized spacial score (nSPS) is 16.0. The second kappa shape index (κ2) is 4.55. The fourth-order valence-electron chi connectivity index (χ4n) is 1.64. The minimum atomic E-state index is -0.101. The SMILES string of the molecule is O=C1CC(=O)N(Cc2ccc(Cl)c(Br)c2)C1. The molecule has 1 saturated heterocycles. The van der Waals surface area contributed by atoms with E-state index in [0.29, 0.717) is 11.6 Å². The summed E-state index contributed by atoms with van der Waals surface area (Å²) in [6.07, 6.45) is 0.0365. The van der Waals surface area contributed by atoms with Crippen LogP contribution in [0.4, 0.5) is 0 Å². The number of nitrogens with zero attached hydrogens (tertiary/aromatic N) is 1. The van der Waals surface area contributed by atoms with Gasteiger partial charge in [-0.1, -0.05) is 17.7 Å². The molecule has 1 aliphatic heterocycles. The summed E-state index contributed by atoms with van der Waals surface area (Å²) < 4.78 is 0.796. The first kappa shape index (κ1) is 11.6. The van der Waals surface area contributed by atoms with Gasteiger partial charge in [-0.15, -0.1) is 0 Å². The maximum absolute atomic E-state index is 11.4. The van der Waals surface area contributed by atoms with Crippen LogP contribution in [0.3, 0.4) is 0 Å². The fourth-order valence-corrected chi connectivity index (χ4v) is 2.18. The standard InChI is InChI=1S/C11H9BrClNO2/c12-9-3-7(1-2-10(9)13)5-14-6-8(15)4-11(14)16/h1-3H,4-6H2. The Morgan fingerprint density at radius 1 is 1.38 bits per heavy atom. The van der Waals surface area contributed by atoms with Crippen molar-refractivity contribution in [2.45, 2.75) is 13.0 Å². The number of halogens is 2. The van der Waals surface area contributed by atoms with Crippen molar-refractivity contribution < 1.29 is 9.59 Å². The maximum Gasteiger partial charge on any atom is 0.230 e. The predicted octanol–water partition coefficient (Wildman–Crippen LogP) is 2.40. The van der Waals surface area contributed by atoms with Crippen molar-refractivity contribution in [1.29, 1.82) is 0 Å². The lowest BCUT2D eigenvalue weighted by Gasteiger charge is -2.14. The first-order valence-electron chi connectivity index (χ1n) is 4.79. The number of benzene rings is 1. The molecule has 0 N–H and O–H groups in total. The Hall–Kier alpha value is -0.870. The van der Waals surface area contributed by atoms with Gasteiger partial charge in [0.2, 0.25) is 5.91 Å². The van der Waals surface area contributed by atoms with E-state index in [1.807, 2.05) is 12.1 Å². The lowest BCUT2D eigenvalue weighted by Crippen LogP contribution is -2.24. The summed E-state index contributed by atoms with van der Waals surface area (Å²) in [5, 5.41) is 0.632.